The van der Waals surface area contributed by atoms with Gasteiger partial charge in [-0.3, -0.25) is 0 Å². The highest BCUT2D eigenvalue weighted by Gasteiger charge is 2.16. The summed E-state index contributed by atoms with van der Waals surface area (Å²) in [5, 5.41) is 5.99. The summed E-state index contributed by atoms with van der Waals surface area (Å²) in [4.78, 5) is 19.3. The fourth-order valence-corrected chi connectivity index (χ4v) is 1.34. The van der Waals surface area contributed by atoms with Gasteiger partial charge in [-0.05, 0) is 27.7 Å². The van der Waals surface area contributed by atoms with E-state index in [1.54, 1.807) is 12.4 Å². The maximum absolute atomic E-state index is 11.5. The summed E-state index contributed by atoms with van der Waals surface area (Å²) >= 11 is 0. The first-order chi connectivity index (χ1) is 8.87. The van der Waals surface area contributed by atoms with Gasteiger partial charge in [0, 0.05) is 37.1 Å². The van der Waals surface area contributed by atoms with Crippen LogP contribution in [-0.4, -0.2) is 34.2 Å². The second-order valence-corrected chi connectivity index (χ2v) is 5.41. The van der Waals surface area contributed by atoms with E-state index in [0.717, 1.165) is 5.56 Å². The quantitative estimate of drug-likeness (QED) is 0.844. The van der Waals surface area contributed by atoms with Gasteiger partial charge in [0.1, 0.15) is 11.9 Å². The Labute approximate surface area is 114 Å². The SMILES string of the molecule is CC(CNC(=O)OC(C)(C)C)NCc1cncnc1. The average molecular weight is 266 g/mol. The van der Waals surface area contributed by atoms with E-state index in [0.29, 0.717) is 13.1 Å². The molecule has 0 bridgehead atoms. The third-order valence-electron chi connectivity index (χ3n) is 2.22. The van der Waals surface area contributed by atoms with Gasteiger partial charge in [0.15, 0.2) is 0 Å². The molecule has 0 aliphatic rings. The zero-order chi connectivity index (χ0) is 14.3. The molecule has 0 aliphatic heterocycles. The molecule has 0 spiro atoms. The minimum absolute atomic E-state index is 0.132. The molecular formula is C13H22N4O2. The van der Waals surface area contributed by atoms with Gasteiger partial charge in [-0.25, -0.2) is 14.8 Å². The molecule has 19 heavy (non-hydrogen) atoms. The molecule has 0 fully saturated rings. The van der Waals surface area contributed by atoms with Crippen LogP contribution in [0, 0.1) is 0 Å². The zero-order valence-corrected chi connectivity index (χ0v) is 11.9. The highest BCUT2D eigenvalue weighted by molar-refractivity contribution is 5.67. The van der Waals surface area contributed by atoms with Crippen LogP contribution in [-0.2, 0) is 11.3 Å². The van der Waals surface area contributed by atoms with Crippen molar-refractivity contribution in [3.63, 3.8) is 0 Å². The van der Waals surface area contributed by atoms with E-state index in [2.05, 4.69) is 20.6 Å². The lowest BCUT2D eigenvalue weighted by molar-refractivity contribution is 0.0523. The molecule has 0 aliphatic carbocycles. The first kappa shape index (κ1) is 15.4. The number of carbonyl (C=O) groups excluding carboxylic acids is 1. The smallest absolute Gasteiger partial charge is 0.407 e. The fraction of sp³-hybridized carbons (Fsp3) is 0.615. The van der Waals surface area contributed by atoms with Crippen LogP contribution in [0.2, 0.25) is 0 Å². The second-order valence-electron chi connectivity index (χ2n) is 5.41. The average Bonchev–Trinajstić information content (AvgIpc) is 2.33. The van der Waals surface area contributed by atoms with Crippen LogP contribution in [0.4, 0.5) is 4.79 Å². The number of hydrogen-bond donors (Lipinski definition) is 2. The summed E-state index contributed by atoms with van der Waals surface area (Å²) in [5.74, 6) is 0. The fourth-order valence-electron chi connectivity index (χ4n) is 1.34. The van der Waals surface area contributed by atoms with Gasteiger partial charge < -0.3 is 15.4 Å². The predicted octanol–water partition coefficient (Wildman–Crippen LogP) is 1.48. The van der Waals surface area contributed by atoms with Crippen molar-refractivity contribution in [2.75, 3.05) is 6.54 Å². The summed E-state index contributed by atoms with van der Waals surface area (Å²) in [6.45, 7) is 8.67. The van der Waals surface area contributed by atoms with E-state index < -0.39 is 11.7 Å². The molecule has 1 aromatic heterocycles. The standard InChI is InChI=1S/C13H22N4O2/c1-10(5-17-12(18)19-13(2,3)4)16-8-11-6-14-9-15-7-11/h6-7,9-10,16H,5,8H2,1-4H3,(H,17,18). The van der Waals surface area contributed by atoms with Crippen molar-refractivity contribution in [1.29, 1.82) is 0 Å². The van der Waals surface area contributed by atoms with E-state index in [9.17, 15) is 4.79 Å². The number of alkyl carbamates (subject to hydrolysis) is 1. The molecular weight excluding hydrogens is 244 g/mol. The molecule has 0 saturated carbocycles. The third kappa shape index (κ3) is 7.35. The Morgan fingerprint density at radius 3 is 2.58 bits per heavy atom. The predicted molar refractivity (Wildman–Crippen MR) is 72.6 cm³/mol. The van der Waals surface area contributed by atoms with E-state index in [-0.39, 0.29) is 6.04 Å². The highest BCUT2D eigenvalue weighted by atomic mass is 16.6. The van der Waals surface area contributed by atoms with E-state index >= 15 is 0 Å². The zero-order valence-electron chi connectivity index (χ0n) is 11.9. The van der Waals surface area contributed by atoms with Crippen molar-refractivity contribution < 1.29 is 9.53 Å². The molecule has 6 nitrogen and oxygen atoms in total. The number of nitrogens with zero attached hydrogens (tertiary/aromatic N) is 2. The Hall–Kier alpha value is -1.69. The summed E-state index contributed by atoms with van der Waals surface area (Å²) in [5.41, 5.74) is 0.536. The van der Waals surface area contributed by atoms with Gasteiger partial charge in [-0.1, -0.05) is 0 Å². The Bertz CT molecular complexity index is 389. The summed E-state index contributed by atoms with van der Waals surface area (Å²) in [6, 6.07) is 0.132. The van der Waals surface area contributed by atoms with Crippen molar-refractivity contribution in [2.24, 2.45) is 0 Å². The lowest BCUT2D eigenvalue weighted by atomic mass is 10.2. The summed E-state index contributed by atoms with van der Waals surface area (Å²) in [7, 11) is 0. The Morgan fingerprint density at radius 1 is 1.37 bits per heavy atom. The lowest BCUT2D eigenvalue weighted by Gasteiger charge is -2.21. The van der Waals surface area contributed by atoms with Gasteiger partial charge in [0.05, 0.1) is 0 Å². The molecule has 0 aromatic carbocycles. The maximum Gasteiger partial charge on any atom is 0.407 e. The van der Waals surface area contributed by atoms with Crippen LogP contribution in [0.15, 0.2) is 18.7 Å². The van der Waals surface area contributed by atoms with Crippen LogP contribution in [0.1, 0.15) is 33.3 Å². The first-order valence-corrected chi connectivity index (χ1v) is 6.31. The minimum atomic E-state index is -0.470. The maximum atomic E-state index is 11.5. The molecule has 1 heterocycles. The van der Waals surface area contributed by atoms with Crippen molar-refractivity contribution in [1.82, 2.24) is 20.6 Å². The molecule has 0 radical (unpaired) electrons. The van der Waals surface area contributed by atoms with Crippen LogP contribution in [0.5, 0.6) is 0 Å². The summed E-state index contributed by atoms with van der Waals surface area (Å²) in [6.07, 6.45) is 4.61. The minimum Gasteiger partial charge on any atom is -0.444 e. The molecule has 6 heteroatoms. The summed E-state index contributed by atoms with van der Waals surface area (Å²) < 4.78 is 5.15. The van der Waals surface area contributed by atoms with Crippen LogP contribution < -0.4 is 10.6 Å². The van der Waals surface area contributed by atoms with E-state index in [4.69, 9.17) is 4.74 Å². The Balaban J connectivity index is 2.21. The van der Waals surface area contributed by atoms with Crippen molar-refractivity contribution in [3.8, 4) is 0 Å². The normalized spacial score (nSPS) is 12.8. The molecule has 1 unspecified atom stereocenters. The second kappa shape index (κ2) is 7.04. The number of hydrogen-bond acceptors (Lipinski definition) is 5. The van der Waals surface area contributed by atoms with Crippen LogP contribution in [0.25, 0.3) is 0 Å². The third-order valence-corrected chi connectivity index (χ3v) is 2.22. The van der Waals surface area contributed by atoms with Gasteiger partial charge in [0.25, 0.3) is 0 Å². The monoisotopic (exact) mass is 266 g/mol. The molecule has 1 amide bonds. The molecule has 1 rings (SSSR count). The molecule has 1 aromatic rings. The number of rotatable bonds is 5. The molecule has 2 N–H and O–H groups in total. The number of aromatic nitrogens is 2. The van der Waals surface area contributed by atoms with Crippen molar-refractivity contribution in [3.05, 3.63) is 24.3 Å². The molecule has 0 saturated heterocycles. The van der Waals surface area contributed by atoms with Crippen LogP contribution in [0.3, 0.4) is 0 Å². The number of nitrogens with one attached hydrogen (secondary N) is 2. The van der Waals surface area contributed by atoms with Gasteiger partial charge in [-0.2, -0.15) is 0 Å². The number of carbonyl (C=O) groups is 1. The van der Waals surface area contributed by atoms with E-state index in [1.807, 2.05) is 27.7 Å². The van der Waals surface area contributed by atoms with Crippen molar-refractivity contribution in [2.45, 2.75) is 45.9 Å². The topological polar surface area (TPSA) is 76.1 Å². The molecule has 106 valence electrons. The lowest BCUT2D eigenvalue weighted by Crippen LogP contribution is -2.41. The first-order valence-electron chi connectivity index (χ1n) is 6.31. The highest BCUT2D eigenvalue weighted by Crippen LogP contribution is 2.06. The Morgan fingerprint density at radius 2 is 2.00 bits per heavy atom. The van der Waals surface area contributed by atoms with Gasteiger partial charge in [0.2, 0.25) is 0 Å². The number of amides is 1. The van der Waals surface area contributed by atoms with Crippen molar-refractivity contribution >= 4 is 6.09 Å². The molecule has 1 atom stereocenters. The van der Waals surface area contributed by atoms with Crippen LogP contribution >= 0.6 is 0 Å². The Kier molecular flexibility index (Phi) is 5.69. The largest absolute Gasteiger partial charge is 0.444 e. The number of ether oxygens (including phenoxy) is 1. The van der Waals surface area contributed by atoms with E-state index in [1.165, 1.54) is 6.33 Å². The van der Waals surface area contributed by atoms with Gasteiger partial charge in [-0.15, -0.1) is 0 Å². The van der Waals surface area contributed by atoms with Gasteiger partial charge >= 0.3 is 6.09 Å².